The maximum Gasteiger partial charge on any atom is 0.332 e. The third-order valence-corrected chi connectivity index (χ3v) is 2.90. The Balaban J connectivity index is 3.19. The van der Waals surface area contributed by atoms with Gasteiger partial charge in [0.15, 0.2) is 0 Å². The lowest BCUT2D eigenvalue weighted by molar-refractivity contribution is -0.385. The van der Waals surface area contributed by atoms with Crippen molar-refractivity contribution < 1.29 is 4.92 Å². The molecule has 0 atom stereocenters. The molecule has 0 fully saturated rings. The van der Waals surface area contributed by atoms with Gasteiger partial charge in [-0.15, -0.1) is 0 Å². The summed E-state index contributed by atoms with van der Waals surface area (Å²) < 4.78 is 0. The molecule has 1 aromatic heterocycles. The van der Waals surface area contributed by atoms with E-state index in [1.165, 1.54) is 0 Å². The average Bonchev–Trinajstić information content (AvgIpc) is 2.35. The van der Waals surface area contributed by atoms with Crippen molar-refractivity contribution in [1.82, 2.24) is 9.97 Å². The van der Waals surface area contributed by atoms with Crippen molar-refractivity contribution in [3.05, 3.63) is 15.8 Å². The van der Waals surface area contributed by atoms with E-state index in [9.17, 15) is 10.1 Å². The standard InChI is InChI=1S/C12H21N5O2/c1-5-9(6-2)15-11-10(17(18)19)8(4)14-12(16-11)13-7-3/h9H,5-7H2,1-4H3,(H2,13,14,15,16). The molecule has 1 heterocycles. The quantitative estimate of drug-likeness (QED) is 0.583. The summed E-state index contributed by atoms with van der Waals surface area (Å²) in [5.74, 6) is 0.709. The number of hydrogen-bond acceptors (Lipinski definition) is 6. The van der Waals surface area contributed by atoms with Crippen LogP contribution in [-0.4, -0.2) is 27.5 Å². The first-order valence-corrected chi connectivity index (χ1v) is 6.56. The molecule has 0 spiro atoms. The van der Waals surface area contributed by atoms with Crippen LogP contribution in [-0.2, 0) is 0 Å². The third kappa shape index (κ3) is 3.77. The van der Waals surface area contributed by atoms with Crippen molar-refractivity contribution in [2.45, 2.75) is 46.6 Å². The number of nitro groups is 1. The van der Waals surface area contributed by atoms with Gasteiger partial charge < -0.3 is 10.6 Å². The van der Waals surface area contributed by atoms with Gasteiger partial charge in [-0.2, -0.15) is 4.98 Å². The fourth-order valence-electron chi connectivity index (χ4n) is 1.81. The molecule has 0 aliphatic carbocycles. The first-order valence-electron chi connectivity index (χ1n) is 6.56. The number of anilines is 2. The summed E-state index contributed by atoms with van der Waals surface area (Å²) in [6.07, 6.45) is 1.76. The summed E-state index contributed by atoms with van der Waals surface area (Å²) in [6, 6.07) is 0.169. The Labute approximate surface area is 113 Å². The third-order valence-electron chi connectivity index (χ3n) is 2.90. The lowest BCUT2D eigenvalue weighted by atomic mass is 10.1. The lowest BCUT2D eigenvalue weighted by Gasteiger charge is -2.16. The predicted molar refractivity (Wildman–Crippen MR) is 75.6 cm³/mol. The molecule has 0 aliphatic heterocycles. The summed E-state index contributed by atoms with van der Waals surface area (Å²) in [5, 5.41) is 17.2. The van der Waals surface area contributed by atoms with Gasteiger partial charge in [0.2, 0.25) is 11.8 Å². The van der Waals surface area contributed by atoms with Gasteiger partial charge >= 0.3 is 5.69 Å². The molecule has 0 amide bonds. The molecule has 2 N–H and O–H groups in total. The zero-order valence-corrected chi connectivity index (χ0v) is 11.9. The summed E-state index contributed by atoms with van der Waals surface area (Å²) in [4.78, 5) is 19.0. The van der Waals surface area contributed by atoms with Gasteiger partial charge in [0.1, 0.15) is 5.69 Å². The number of aromatic nitrogens is 2. The van der Waals surface area contributed by atoms with Gasteiger partial charge in [0.25, 0.3) is 0 Å². The molecular weight excluding hydrogens is 246 g/mol. The normalized spacial score (nSPS) is 10.6. The van der Waals surface area contributed by atoms with Crippen molar-refractivity contribution in [3.8, 4) is 0 Å². The Hall–Kier alpha value is -1.92. The van der Waals surface area contributed by atoms with Gasteiger partial charge in [-0.1, -0.05) is 13.8 Å². The largest absolute Gasteiger partial charge is 0.361 e. The molecule has 7 heteroatoms. The van der Waals surface area contributed by atoms with Crippen LogP contribution < -0.4 is 10.6 Å². The molecule has 0 aromatic carbocycles. The number of rotatable bonds is 7. The zero-order chi connectivity index (χ0) is 14.4. The topological polar surface area (TPSA) is 93.0 Å². The van der Waals surface area contributed by atoms with E-state index in [4.69, 9.17) is 0 Å². The van der Waals surface area contributed by atoms with Gasteiger partial charge in [-0.05, 0) is 26.7 Å². The maximum absolute atomic E-state index is 11.1. The minimum absolute atomic E-state index is 0.0476. The summed E-state index contributed by atoms with van der Waals surface area (Å²) in [6.45, 7) is 8.28. The molecule has 0 saturated carbocycles. The lowest BCUT2D eigenvalue weighted by Crippen LogP contribution is -2.20. The van der Waals surface area contributed by atoms with Crippen molar-refractivity contribution >= 4 is 17.5 Å². The number of nitrogens with one attached hydrogen (secondary N) is 2. The Bertz CT molecular complexity index is 446. The molecule has 19 heavy (non-hydrogen) atoms. The van der Waals surface area contributed by atoms with Gasteiger partial charge in [0.05, 0.1) is 4.92 Å². The monoisotopic (exact) mass is 267 g/mol. The highest BCUT2D eigenvalue weighted by Gasteiger charge is 2.23. The summed E-state index contributed by atoms with van der Waals surface area (Å²) in [7, 11) is 0. The fraction of sp³-hybridized carbons (Fsp3) is 0.667. The van der Waals surface area contributed by atoms with Gasteiger partial charge in [-0.25, -0.2) is 4.98 Å². The van der Waals surface area contributed by atoms with Crippen LogP contribution in [0.25, 0.3) is 0 Å². The van der Waals surface area contributed by atoms with Crippen LogP contribution in [0.15, 0.2) is 0 Å². The highest BCUT2D eigenvalue weighted by atomic mass is 16.6. The fourth-order valence-corrected chi connectivity index (χ4v) is 1.81. The van der Waals surface area contributed by atoms with E-state index in [0.29, 0.717) is 24.0 Å². The van der Waals surface area contributed by atoms with Crippen LogP contribution >= 0.6 is 0 Å². The van der Waals surface area contributed by atoms with Crippen molar-refractivity contribution in [1.29, 1.82) is 0 Å². The van der Waals surface area contributed by atoms with E-state index in [1.54, 1.807) is 6.92 Å². The number of aryl methyl sites for hydroxylation is 1. The van der Waals surface area contributed by atoms with Crippen LogP contribution in [0.1, 0.15) is 39.3 Å². The van der Waals surface area contributed by atoms with Crippen LogP contribution in [0.3, 0.4) is 0 Å². The second-order valence-electron chi connectivity index (χ2n) is 4.28. The molecule has 0 radical (unpaired) electrons. The molecule has 0 bridgehead atoms. The van der Waals surface area contributed by atoms with Crippen LogP contribution in [0, 0.1) is 17.0 Å². The smallest absolute Gasteiger partial charge is 0.332 e. The van der Waals surface area contributed by atoms with E-state index >= 15 is 0 Å². The minimum atomic E-state index is -0.435. The molecule has 1 aromatic rings. The maximum atomic E-state index is 11.1. The predicted octanol–water partition coefficient (Wildman–Crippen LogP) is 2.73. The van der Waals surface area contributed by atoms with E-state index in [1.807, 2.05) is 20.8 Å². The van der Waals surface area contributed by atoms with Crippen molar-refractivity contribution in [3.63, 3.8) is 0 Å². The molecule has 7 nitrogen and oxygen atoms in total. The molecular formula is C12H21N5O2. The van der Waals surface area contributed by atoms with E-state index in [-0.39, 0.29) is 11.7 Å². The molecule has 0 saturated heterocycles. The van der Waals surface area contributed by atoms with E-state index < -0.39 is 4.92 Å². The Morgan fingerprint density at radius 3 is 2.37 bits per heavy atom. The van der Waals surface area contributed by atoms with Crippen LogP contribution in [0.5, 0.6) is 0 Å². The average molecular weight is 267 g/mol. The van der Waals surface area contributed by atoms with Crippen LogP contribution in [0.4, 0.5) is 17.5 Å². The number of hydrogen-bond donors (Lipinski definition) is 2. The van der Waals surface area contributed by atoms with Gasteiger partial charge in [0, 0.05) is 12.6 Å². The van der Waals surface area contributed by atoms with E-state index in [0.717, 1.165) is 12.8 Å². The highest BCUT2D eigenvalue weighted by molar-refractivity contribution is 5.61. The van der Waals surface area contributed by atoms with E-state index in [2.05, 4.69) is 20.6 Å². The molecule has 1 rings (SSSR count). The molecule has 106 valence electrons. The van der Waals surface area contributed by atoms with Gasteiger partial charge in [-0.3, -0.25) is 10.1 Å². The SMILES string of the molecule is CCNc1nc(C)c([N+](=O)[O-])c(NC(CC)CC)n1. The van der Waals surface area contributed by atoms with Crippen molar-refractivity contribution in [2.24, 2.45) is 0 Å². The zero-order valence-electron chi connectivity index (χ0n) is 11.9. The Kier molecular flexibility index (Phi) is 5.47. The van der Waals surface area contributed by atoms with Crippen LogP contribution in [0.2, 0.25) is 0 Å². The molecule has 0 aliphatic rings. The summed E-state index contributed by atoms with van der Waals surface area (Å²) >= 11 is 0. The van der Waals surface area contributed by atoms with Crippen molar-refractivity contribution in [2.75, 3.05) is 17.2 Å². The molecule has 0 unspecified atom stereocenters. The first kappa shape index (κ1) is 15.1. The second kappa shape index (κ2) is 6.86. The Morgan fingerprint density at radius 1 is 1.26 bits per heavy atom. The second-order valence-corrected chi connectivity index (χ2v) is 4.28. The Morgan fingerprint density at radius 2 is 1.89 bits per heavy atom. The highest BCUT2D eigenvalue weighted by Crippen LogP contribution is 2.27. The number of nitrogens with zero attached hydrogens (tertiary/aromatic N) is 3. The summed E-state index contributed by atoms with van der Waals surface area (Å²) in [5.41, 5.74) is 0.318. The first-order chi connectivity index (χ1) is 9.03. The minimum Gasteiger partial charge on any atom is -0.361 e.